The Morgan fingerprint density at radius 3 is 2.85 bits per heavy atom. The summed E-state index contributed by atoms with van der Waals surface area (Å²) in [5, 5.41) is 6.92. The van der Waals surface area contributed by atoms with Crippen LogP contribution in [0.15, 0.2) is 22.1 Å². The van der Waals surface area contributed by atoms with E-state index in [0.717, 1.165) is 29.7 Å². The van der Waals surface area contributed by atoms with Crippen molar-refractivity contribution < 1.29 is 4.79 Å². The van der Waals surface area contributed by atoms with Crippen molar-refractivity contribution in [2.75, 3.05) is 18.4 Å². The quantitative estimate of drug-likeness (QED) is 0.864. The number of piperidine rings is 1. The van der Waals surface area contributed by atoms with Gasteiger partial charge in [-0.3, -0.25) is 10.1 Å². The SMILES string of the molecule is O=C(Nc1ncc(C2CCNCC2)s1)c1ccc(Br)s1. The summed E-state index contributed by atoms with van der Waals surface area (Å²) in [6.45, 7) is 2.13. The lowest BCUT2D eigenvalue weighted by atomic mass is 9.97. The molecule has 7 heteroatoms. The molecule has 20 heavy (non-hydrogen) atoms. The number of anilines is 1. The zero-order valence-corrected chi connectivity index (χ0v) is 13.9. The highest BCUT2D eigenvalue weighted by Crippen LogP contribution is 2.32. The average molecular weight is 372 g/mol. The van der Waals surface area contributed by atoms with Crippen LogP contribution in [0.25, 0.3) is 0 Å². The van der Waals surface area contributed by atoms with Crippen LogP contribution in [0.2, 0.25) is 0 Å². The van der Waals surface area contributed by atoms with Gasteiger partial charge >= 0.3 is 0 Å². The summed E-state index contributed by atoms with van der Waals surface area (Å²) in [6.07, 6.45) is 4.20. The molecule has 0 unspecified atom stereocenters. The fourth-order valence-corrected chi connectivity index (χ4v) is 4.50. The van der Waals surface area contributed by atoms with Crippen molar-refractivity contribution >= 4 is 49.6 Å². The average Bonchev–Trinajstić information content (AvgIpc) is 3.09. The Morgan fingerprint density at radius 1 is 1.35 bits per heavy atom. The molecule has 2 aromatic heterocycles. The van der Waals surface area contributed by atoms with Gasteiger partial charge in [-0.25, -0.2) is 4.98 Å². The number of carbonyl (C=O) groups is 1. The van der Waals surface area contributed by atoms with Crippen LogP contribution < -0.4 is 10.6 Å². The summed E-state index contributed by atoms with van der Waals surface area (Å²) in [6, 6.07) is 3.69. The van der Waals surface area contributed by atoms with Gasteiger partial charge in [0, 0.05) is 11.1 Å². The first kappa shape index (κ1) is 14.2. The molecule has 1 fully saturated rings. The maximum atomic E-state index is 12.0. The molecule has 0 atom stereocenters. The highest BCUT2D eigenvalue weighted by atomic mass is 79.9. The molecule has 0 aliphatic carbocycles. The molecule has 2 aromatic rings. The first-order valence-corrected chi connectivity index (χ1v) is 8.88. The van der Waals surface area contributed by atoms with E-state index in [-0.39, 0.29) is 5.91 Å². The Morgan fingerprint density at radius 2 is 2.15 bits per heavy atom. The fraction of sp³-hybridized carbons (Fsp3) is 0.385. The standard InChI is InChI=1S/C13H14BrN3OS2/c14-11-2-1-9(19-11)12(18)17-13-16-7-10(20-13)8-3-5-15-6-4-8/h1-2,7-8,15H,3-6H2,(H,16,17,18). The van der Waals surface area contributed by atoms with Crippen molar-refractivity contribution in [3.63, 3.8) is 0 Å². The molecule has 0 bridgehead atoms. The number of carbonyl (C=O) groups excluding carboxylic acids is 1. The van der Waals surface area contributed by atoms with Crippen LogP contribution >= 0.6 is 38.6 Å². The predicted octanol–water partition coefficient (Wildman–Crippen LogP) is 3.69. The van der Waals surface area contributed by atoms with Crippen molar-refractivity contribution in [3.8, 4) is 0 Å². The Kier molecular flexibility index (Phi) is 4.50. The Bertz CT molecular complexity index is 604. The van der Waals surface area contributed by atoms with Crippen LogP contribution in [0.1, 0.15) is 33.3 Å². The van der Waals surface area contributed by atoms with Gasteiger partial charge in [0.15, 0.2) is 5.13 Å². The van der Waals surface area contributed by atoms with E-state index in [1.165, 1.54) is 16.2 Å². The molecule has 3 heterocycles. The van der Waals surface area contributed by atoms with Gasteiger partial charge in [0.2, 0.25) is 0 Å². The van der Waals surface area contributed by atoms with Crippen molar-refractivity contribution in [2.24, 2.45) is 0 Å². The molecule has 0 saturated carbocycles. The highest BCUT2D eigenvalue weighted by molar-refractivity contribution is 9.11. The summed E-state index contributed by atoms with van der Waals surface area (Å²) in [5.41, 5.74) is 0. The molecule has 1 aliphatic heterocycles. The third-order valence-electron chi connectivity index (χ3n) is 3.28. The lowest BCUT2D eigenvalue weighted by Gasteiger charge is -2.20. The van der Waals surface area contributed by atoms with Crippen molar-refractivity contribution in [1.82, 2.24) is 10.3 Å². The topological polar surface area (TPSA) is 54.0 Å². The van der Waals surface area contributed by atoms with E-state index < -0.39 is 0 Å². The summed E-state index contributed by atoms with van der Waals surface area (Å²) < 4.78 is 0.956. The minimum atomic E-state index is -0.0908. The van der Waals surface area contributed by atoms with Crippen LogP contribution in [-0.2, 0) is 0 Å². The van der Waals surface area contributed by atoms with Crippen LogP contribution in [0, 0.1) is 0 Å². The predicted molar refractivity (Wildman–Crippen MR) is 86.9 cm³/mol. The summed E-state index contributed by atoms with van der Waals surface area (Å²) in [4.78, 5) is 18.3. The van der Waals surface area contributed by atoms with Gasteiger partial charge < -0.3 is 5.32 Å². The van der Waals surface area contributed by atoms with Crippen LogP contribution in [0.5, 0.6) is 0 Å². The van der Waals surface area contributed by atoms with Crippen LogP contribution in [0.3, 0.4) is 0 Å². The molecule has 1 amide bonds. The van der Waals surface area contributed by atoms with Gasteiger partial charge in [0.25, 0.3) is 5.91 Å². The van der Waals surface area contributed by atoms with Gasteiger partial charge in [-0.05, 0) is 59.9 Å². The third kappa shape index (κ3) is 3.28. The maximum absolute atomic E-state index is 12.0. The summed E-state index contributed by atoms with van der Waals surface area (Å²) in [5.74, 6) is 0.488. The van der Waals surface area contributed by atoms with E-state index >= 15 is 0 Å². The maximum Gasteiger partial charge on any atom is 0.267 e. The largest absolute Gasteiger partial charge is 0.317 e. The molecule has 2 N–H and O–H groups in total. The molecular formula is C13H14BrN3OS2. The van der Waals surface area contributed by atoms with E-state index in [1.807, 2.05) is 18.3 Å². The molecular weight excluding hydrogens is 358 g/mol. The summed E-state index contributed by atoms with van der Waals surface area (Å²) in [7, 11) is 0. The Balaban J connectivity index is 1.66. The number of thiophene rings is 1. The zero-order chi connectivity index (χ0) is 13.9. The van der Waals surface area contributed by atoms with Gasteiger partial charge in [0.1, 0.15) is 0 Å². The number of aromatic nitrogens is 1. The Labute approximate surface area is 133 Å². The summed E-state index contributed by atoms with van der Waals surface area (Å²) >= 11 is 6.38. The smallest absolute Gasteiger partial charge is 0.267 e. The molecule has 106 valence electrons. The molecule has 4 nitrogen and oxygen atoms in total. The molecule has 0 radical (unpaired) electrons. The number of halogens is 1. The monoisotopic (exact) mass is 371 g/mol. The number of amides is 1. The van der Waals surface area contributed by atoms with E-state index in [1.54, 1.807) is 11.3 Å². The van der Waals surface area contributed by atoms with Gasteiger partial charge in [-0.1, -0.05) is 0 Å². The van der Waals surface area contributed by atoms with Gasteiger partial charge in [0.05, 0.1) is 8.66 Å². The van der Waals surface area contributed by atoms with Crippen molar-refractivity contribution in [2.45, 2.75) is 18.8 Å². The number of nitrogens with one attached hydrogen (secondary N) is 2. The molecule has 3 rings (SSSR count). The second-order valence-electron chi connectivity index (χ2n) is 4.65. The first-order chi connectivity index (χ1) is 9.72. The second-order valence-corrected chi connectivity index (χ2v) is 8.18. The Hall–Kier alpha value is -0.760. The number of hydrogen-bond acceptors (Lipinski definition) is 5. The third-order valence-corrected chi connectivity index (χ3v) is 5.98. The van der Waals surface area contributed by atoms with Crippen LogP contribution in [0.4, 0.5) is 5.13 Å². The van der Waals surface area contributed by atoms with Crippen molar-refractivity contribution in [3.05, 3.63) is 31.9 Å². The lowest BCUT2D eigenvalue weighted by Crippen LogP contribution is -2.26. The second kappa shape index (κ2) is 6.34. The normalized spacial score (nSPS) is 16.2. The van der Waals surface area contributed by atoms with E-state index in [9.17, 15) is 4.79 Å². The van der Waals surface area contributed by atoms with E-state index in [4.69, 9.17) is 0 Å². The molecule has 1 aliphatic rings. The molecule has 0 spiro atoms. The molecule has 1 saturated heterocycles. The lowest BCUT2D eigenvalue weighted by molar-refractivity contribution is 0.103. The molecule has 0 aromatic carbocycles. The van der Waals surface area contributed by atoms with Gasteiger partial charge in [-0.15, -0.1) is 22.7 Å². The fourth-order valence-electron chi connectivity index (χ4n) is 2.23. The van der Waals surface area contributed by atoms with Crippen LogP contribution in [-0.4, -0.2) is 24.0 Å². The minimum Gasteiger partial charge on any atom is -0.317 e. The first-order valence-electron chi connectivity index (χ1n) is 6.45. The number of hydrogen-bond donors (Lipinski definition) is 2. The van der Waals surface area contributed by atoms with Crippen molar-refractivity contribution in [1.29, 1.82) is 0 Å². The number of thiazole rings is 1. The van der Waals surface area contributed by atoms with E-state index in [0.29, 0.717) is 15.9 Å². The number of rotatable bonds is 3. The number of nitrogens with zero attached hydrogens (tertiary/aromatic N) is 1. The van der Waals surface area contributed by atoms with E-state index in [2.05, 4.69) is 31.5 Å². The highest BCUT2D eigenvalue weighted by Gasteiger charge is 2.18. The van der Waals surface area contributed by atoms with Gasteiger partial charge in [-0.2, -0.15) is 0 Å². The minimum absolute atomic E-state index is 0.0908. The zero-order valence-electron chi connectivity index (χ0n) is 10.7.